The fourth-order valence-corrected chi connectivity index (χ4v) is 3.45. The van der Waals surface area contributed by atoms with Gasteiger partial charge in [0, 0.05) is 29.7 Å². The van der Waals surface area contributed by atoms with Crippen LogP contribution in [-0.2, 0) is 13.0 Å². The molecular formula is C18H19IN2O. The molecule has 0 fully saturated rings. The van der Waals surface area contributed by atoms with E-state index in [1.807, 2.05) is 24.3 Å². The van der Waals surface area contributed by atoms with Gasteiger partial charge in [-0.15, -0.1) is 0 Å². The lowest BCUT2D eigenvalue weighted by molar-refractivity contribution is 0.0946. The molecule has 22 heavy (non-hydrogen) atoms. The number of benzene rings is 2. The van der Waals surface area contributed by atoms with Crippen molar-refractivity contribution in [1.29, 1.82) is 0 Å². The molecule has 0 radical (unpaired) electrons. The predicted molar refractivity (Wildman–Crippen MR) is 96.9 cm³/mol. The molecule has 1 heterocycles. The van der Waals surface area contributed by atoms with Gasteiger partial charge in [-0.2, -0.15) is 0 Å². The highest BCUT2D eigenvalue weighted by Gasteiger charge is 2.15. The summed E-state index contributed by atoms with van der Waals surface area (Å²) in [6, 6.07) is 16.3. The van der Waals surface area contributed by atoms with Gasteiger partial charge >= 0.3 is 0 Å². The van der Waals surface area contributed by atoms with Crippen LogP contribution in [0.4, 0.5) is 0 Å². The smallest absolute Gasteiger partial charge is 0.252 e. The molecule has 3 rings (SSSR count). The molecule has 1 amide bonds. The molecule has 0 aliphatic carbocycles. The monoisotopic (exact) mass is 406 g/mol. The minimum Gasteiger partial charge on any atom is -0.351 e. The molecule has 2 aromatic carbocycles. The molecule has 0 atom stereocenters. The third-order valence-electron chi connectivity index (χ3n) is 4.04. The van der Waals surface area contributed by atoms with Gasteiger partial charge in [-0.25, -0.2) is 0 Å². The van der Waals surface area contributed by atoms with Crippen molar-refractivity contribution in [3.05, 3.63) is 68.8 Å². The molecule has 1 aliphatic heterocycles. The molecule has 3 nitrogen and oxygen atoms in total. The Bertz CT molecular complexity index is 672. The summed E-state index contributed by atoms with van der Waals surface area (Å²) in [6.07, 6.45) is 1.10. The molecule has 1 N–H and O–H groups in total. The fourth-order valence-electron chi connectivity index (χ4n) is 2.81. The summed E-state index contributed by atoms with van der Waals surface area (Å²) in [7, 11) is 0. The minimum absolute atomic E-state index is 0.0161. The van der Waals surface area contributed by atoms with Gasteiger partial charge in [0.25, 0.3) is 5.91 Å². The average Bonchev–Trinajstić information content (AvgIpc) is 2.55. The van der Waals surface area contributed by atoms with Crippen LogP contribution in [0, 0.1) is 3.57 Å². The molecule has 1 aliphatic rings. The molecule has 4 heteroatoms. The van der Waals surface area contributed by atoms with Crippen molar-refractivity contribution >= 4 is 28.5 Å². The summed E-state index contributed by atoms with van der Waals surface area (Å²) in [4.78, 5) is 14.6. The molecule has 0 bridgehead atoms. The van der Waals surface area contributed by atoms with E-state index in [4.69, 9.17) is 0 Å². The topological polar surface area (TPSA) is 32.3 Å². The molecule has 0 aromatic heterocycles. The molecule has 0 saturated carbocycles. The van der Waals surface area contributed by atoms with Gasteiger partial charge in [-0.05, 0) is 52.3 Å². The maximum absolute atomic E-state index is 12.2. The third-order valence-corrected chi connectivity index (χ3v) is 4.98. The Balaban J connectivity index is 1.50. The maximum atomic E-state index is 12.2. The first-order valence-corrected chi connectivity index (χ1v) is 8.64. The normalized spacial score (nSPS) is 14.4. The van der Waals surface area contributed by atoms with Crippen LogP contribution in [0.5, 0.6) is 0 Å². The van der Waals surface area contributed by atoms with Gasteiger partial charge in [0.2, 0.25) is 0 Å². The predicted octanol–water partition coefficient (Wildman–Crippen LogP) is 3.08. The summed E-state index contributed by atoms with van der Waals surface area (Å²) in [5.41, 5.74) is 3.63. The summed E-state index contributed by atoms with van der Waals surface area (Å²) >= 11 is 2.20. The second-order valence-electron chi connectivity index (χ2n) is 5.53. The Kier molecular flexibility index (Phi) is 5.10. The van der Waals surface area contributed by atoms with E-state index in [0.29, 0.717) is 6.54 Å². The van der Waals surface area contributed by atoms with Crippen LogP contribution in [0.3, 0.4) is 0 Å². The van der Waals surface area contributed by atoms with E-state index in [9.17, 15) is 4.79 Å². The highest BCUT2D eigenvalue weighted by Crippen LogP contribution is 2.17. The van der Waals surface area contributed by atoms with Gasteiger partial charge in [0.15, 0.2) is 0 Å². The number of fused-ring (bicyclic) bond motifs is 1. The molecule has 0 unspecified atom stereocenters. The third kappa shape index (κ3) is 3.67. The van der Waals surface area contributed by atoms with Crippen molar-refractivity contribution in [2.75, 3.05) is 19.6 Å². The van der Waals surface area contributed by atoms with Crippen LogP contribution in [0.2, 0.25) is 0 Å². The zero-order chi connectivity index (χ0) is 15.4. The van der Waals surface area contributed by atoms with E-state index in [1.54, 1.807) is 0 Å². The Hall–Kier alpha value is -1.40. The number of amides is 1. The van der Waals surface area contributed by atoms with Crippen LogP contribution in [-0.4, -0.2) is 30.4 Å². The van der Waals surface area contributed by atoms with Crippen molar-refractivity contribution in [1.82, 2.24) is 10.2 Å². The van der Waals surface area contributed by atoms with Crippen molar-refractivity contribution in [3.8, 4) is 0 Å². The Labute approximate surface area is 144 Å². The summed E-state index contributed by atoms with van der Waals surface area (Å²) in [5.74, 6) is 0.0161. The lowest BCUT2D eigenvalue weighted by Gasteiger charge is -2.28. The number of rotatable bonds is 4. The van der Waals surface area contributed by atoms with E-state index in [-0.39, 0.29) is 5.91 Å². The lowest BCUT2D eigenvalue weighted by atomic mass is 10.00. The first-order valence-electron chi connectivity index (χ1n) is 7.56. The number of hydrogen-bond donors (Lipinski definition) is 1. The second kappa shape index (κ2) is 7.24. The Morgan fingerprint density at radius 3 is 2.64 bits per heavy atom. The molecular weight excluding hydrogens is 387 g/mol. The SMILES string of the molecule is O=C(NCCN1CCc2ccccc2C1)c1ccccc1I. The van der Waals surface area contributed by atoms with E-state index in [2.05, 4.69) is 57.1 Å². The number of nitrogens with one attached hydrogen (secondary N) is 1. The highest BCUT2D eigenvalue weighted by atomic mass is 127. The summed E-state index contributed by atoms with van der Waals surface area (Å²) in [5, 5.41) is 3.03. The lowest BCUT2D eigenvalue weighted by Crippen LogP contribution is -2.38. The van der Waals surface area contributed by atoms with E-state index in [1.165, 1.54) is 11.1 Å². The van der Waals surface area contributed by atoms with E-state index < -0.39 is 0 Å². The van der Waals surface area contributed by atoms with Crippen molar-refractivity contribution < 1.29 is 4.79 Å². The van der Waals surface area contributed by atoms with Gasteiger partial charge in [-0.1, -0.05) is 36.4 Å². The molecule has 2 aromatic rings. The Morgan fingerprint density at radius 2 is 1.82 bits per heavy atom. The first-order chi connectivity index (χ1) is 10.7. The standard InChI is InChI=1S/C18H19IN2O/c19-17-8-4-3-7-16(17)18(22)20-10-12-21-11-9-14-5-1-2-6-15(14)13-21/h1-8H,9-13H2,(H,20,22). The number of carbonyl (C=O) groups is 1. The number of nitrogens with zero attached hydrogens (tertiary/aromatic N) is 1. The first kappa shape index (κ1) is 15.5. The number of carbonyl (C=O) groups excluding carboxylic acids is 1. The van der Waals surface area contributed by atoms with Crippen molar-refractivity contribution in [3.63, 3.8) is 0 Å². The van der Waals surface area contributed by atoms with Gasteiger partial charge in [0.1, 0.15) is 0 Å². The van der Waals surface area contributed by atoms with Gasteiger partial charge in [-0.3, -0.25) is 9.69 Å². The quantitative estimate of drug-likeness (QED) is 0.792. The van der Waals surface area contributed by atoms with E-state index in [0.717, 1.165) is 35.2 Å². The molecule has 0 saturated heterocycles. The van der Waals surface area contributed by atoms with Crippen LogP contribution < -0.4 is 5.32 Å². The Morgan fingerprint density at radius 1 is 1.09 bits per heavy atom. The molecule has 0 spiro atoms. The van der Waals surface area contributed by atoms with Crippen LogP contribution in [0.25, 0.3) is 0 Å². The van der Waals surface area contributed by atoms with Crippen molar-refractivity contribution in [2.45, 2.75) is 13.0 Å². The molecule has 114 valence electrons. The van der Waals surface area contributed by atoms with Gasteiger partial charge in [0.05, 0.1) is 5.56 Å². The van der Waals surface area contributed by atoms with E-state index >= 15 is 0 Å². The number of hydrogen-bond acceptors (Lipinski definition) is 2. The highest BCUT2D eigenvalue weighted by molar-refractivity contribution is 14.1. The summed E-state index contributed by atoms with van der Waals surface area (Å²) in [6.45, 7) is 3.63. The number of halogens is 1. The fraction of sp³-hybridized carbons (Fsp3) is 0.278. The zero-order valence-electron chi connectivity index (χ0n) is 12.4. The zero-order valence-corrected chi connectivity index (χ0v) is 14.5. The van der Waals surface area contributed by atoms with Crippen LogP contribution >= 0.6 is 22.6 Å². The average molecular weight is 406 g/mol. The maximum Gasteiger partial charge on any atom is 0.252 e. The summed E-state index contributed by atoms with van der Waals surface area (Å²) < 4.78 is 0.990. The minimum atomic E-state index is 0.0161. The van der Waals surface area contributed by atoms with Crippen LogP contribution in [0.15, 0.2) is 48.5 Å². The largest absolute Gasteiger partial charge is 0.351 e. The van der Waals surface area contributed by atoms with Gasteiger partial charge < -0.3 is 5.32 Å². The van der Waals surface area contributed by atoms with Crippen LogP contribution in [0.1, 0.15) is 21.5 Å². The van der Waals surface area contributed by atoms with Crippen molar-refractivity contribution in [2.24, 2.45) is 0 Å². The second-order valence-corrected chi connectivity index (χ2v) is 6.69.